The van der Waals surface area contributed by atoms with Gasteiger partial charge in [-0.15, -0.1) is 0 Å². The molecule has 6 rings (SSSR count). The molecule has 0 spiro atoms. The minimum absolute atomic E-state index is 0.171. The highest BCUT2D eigenvalue weighted by molar-refractivity contribution is 9.10. The first-order chi connectivity index (χ1) is 30.2. The molecule has 0 radical (unpaired) electrons. The maximum atomic E-state index is 10.7. The third-order valence-corrected chi connectivity index (χ3v) is 31.4. The zero-order valence-corrected chi connectivity index (χ0v) is 47.8. The molecule has 0 bridgehead atoms. The molecule has 2 aromatic carbocycles. The average molecular weight is 999 g/mol. The van der Waals surface area contributed by atoms with E-state index in [-0.39, 0.29) is 10.1 Å². The Hall–Kier alpha value is -3.52. The average Bonchev–Trinajstić information content (AvgIpc) is 3.83. The normalized spacial score (nSPS) is 13.4. The van der Waals surface area contributed by atoms with Gasteiger partial charge in [-0.05, 0) is 110 Å². The number of nitrogens with zero attached hydrogens (tertiary/aromatic N) is 6. The Bertz CT molecular complexity index is 2580. The maximum Gasteiger partial charge on any atom is 0.163 e. The van der Waals surface area contributed by atoms with Gasteiger partial charge in [0.1, 0.15) is 11.3 Å². The summed E-state index contributed by atoms with van der Waals surface area (Å²) in [6, 6.07) is 22.1. The van der Waals surface area contributed by atoms with Crippen molar-refractivity contribution in [1.82, 2.24) is 18.4 Å². The number of unbranched alkanes of at least 4 members (excludes halogenated alkanes) is 3. The molecule has 65 heavy (non-hydrogen) atoms. The van der Waals surface area contributed by atoms with E-state index in [1.165, 1.54) is 38.2 Å². The van der Waals surface area contributed by atoms with E-state index in [2.05, 4.69) is 230 Å². The molecule has 0 aliphatic rings. The fourth-order valence-corrected chi connectivity index (χ4v) is 18.4. The number of hydrogen-bond acceptors (Lipinski definition) is 5. The molecular weight excluding hydrogens is 915 g/mol. The fourth-order valence-electron chi connectivity index (χ4n) is 8.48. The highest BCUT2D eigenvalue weighted by Gasteiger charge is 2.43. The van der Waals surface area contributed by atoms with Gasteiger partial charge in [0.05, 0.1) is 0 Å². The van der Waals surface area contributed by atoms with E-state index in [0.717, 1.165) is 82.7 Å². The van der Waals surface area contributed by atoms with Gasteiger partial charge in [-0.25, -0.2) is 9.97 Å². The van der Waals surface area contributed by atoms with Crippen LogP contribution in [0.4, 0.5) is 11.4 Å². The van der Waals surface area contributed by atoms with Gasteiger partial charge in [0.2, 0.25) is 0 Å². The fraction of sp³-hybridized carbons (Fsp3) is 0.519. The van der Waals surface area contributed by atoms with Crippen LogP contribution in [0.1, 0.15) is 101 Å². The van der Waals surface area contributed by atoms with Gasteiger partial charge in [0.15, 0.2) is 16.5 Å². The van der Waals surface area contributed by atoms with E-state index in [1.807, 2.05) is 6.20 Å². The van der Waals surface area contributed by atoms with Crippen LogP contribution in [-0.4, -0.2) is 80.4 Å². The van der Waals surface area contributed by atoms with Crippen molar-refractivity contribution in [1.29, 1.82) is 4.78 Å². The van der Waals surface area contributed by atoms with Gasteiger partial charge < -0.3 is 18.3 Å². The predicted octanol–water partition coefficient (Wildman–Crippen LogP) is 16.2. The quantitative estimate of drug-likeness (QED) is 0.0981. The highest BCUT2D eigenvalue weighted by atomic mass is 79.9. The van der Waals surface area contributed by atoms with E-state index < -0.39 is 25.4 Å². The molecule has 0 aliphatic carbocycles. The Balaban J connectivity index is 0.000000264. The van der Waals surface area contributed by atoms with E-state index in [4.69, 9.17) is 9.97 Å². The van der Waals surface area contributed by atoms with Crippen LogP contribution in [-0.2, 0) is 8.96 Å². The number of benzene rings is 2. The van der Waals surface area contributed by atoms with Crippen LogP contribution in [0.2, 0.25) is 36.3 Å². The van der Waals surface area contributed by atoms with Crippen LogP contribution < -0.4 is 9.80 Å². The molecule has 11 heteroatoms. The summed E-state index contributed by atoms with van der Waals surface area (Å²) in [5.41, 5.74) is 9.28. The van der Waals surface area contributed by atoms with Crippen LogP contribution in [0.3, 0.4) is 0 Å². The molecule has 0 atom stereocenters. The van der Waals surface area contributed by atoms with Gasteiger partial charge in [-0.2, -0.15) is 8.96 Å². The van der Waals surface area contributed by atoms with Crippen molar-refractivity contribution < 1.29 is 0 Å². The lowest BCUT2D eigenvalue weighted by Crippen LogP contribution is -2.45. The lowest BCUT2D eigenvalue weighted by molar-refractivity contribution is 0.701. The first kappa shape index (κ1) is 52.5. The summed E-state index contributed by atoms with van der Waals surface area (Å²) in [5, 5.41) is 2.85. The van der Waals surface area contributed by atoms with Crippen molar-refractivity contribution in [2.45, 2.75) is 142 Å². The smallest absolute Gasteiger partial charge is 0.163 e. The van der Waals surface area contributed by atoms with E-state index in [9.17, 15) is 4.78 Å². The predicted molar refractivity (Wildman–Crippen MR) is 300 cm³/mol. The second-order valence-corrected chi connectivity index (χ2v) is 38.0. The monoisotopic (exact) mass is 998 g/mol. The van der Waals surface area contributed by atoms with Crippen molar-refractivity contribution in [2.75, 3.05) is 55.2 Å². The van der Waals surface area contributed by atoms with Gasteiger partial charge >= 0.3 is 0 Å². The Morgan fingerprint density at radius 3 is 1.28 bits per heavy atom. The molecule has 0 saturated heterocycles. The van der Waals surface area contributed by atoms with Crippen molar-refractivity contribution in [3.8, 4) is 22.3 Å². The van der Waals surface area contributed by atoms with Crippen molar-refractivity contribution >= 4 is 74.8 Å². The van der Waals surface area contributed by atoms with E-state index in [0.29, 0.717) is 0 Å². The third-order valence-electron chi connectivity index (χ3n) is 15.1. The topological polar surface area (TPSA) is 66.0 Å². The van der Waals surface area contributed by atoms with Gasteiger partial charge in [0, 0.05) is 95.6 Å². The number of fused-ring (bicyclic) bond motifs is 2. The maximum absolute atomic E-state index is 10.7. The number of anilines is 2. The summed E-state index contributed by atoms with van der Waals surface area (Å²) in [5.74, 6) is 3.06. The summed E-state index contributed by atoms with van der Waals surface area (Å²) in [6.45, 7) is 30.8. The molecule has 0 amide bonds. The van der Waals surface area contributed by atoms with Crippen LogP contribution in [0.25, 0.3) is 44.3 Å². The second-order valence-electron chi connectivity index (χ2n) is 22.2. The SMILES string of the molecule is CCCCS(=N)(CCCC)(CCCC)c1cn([Si](C)(C)C(C)(C)C)c2ncc(-c3ccc(N(C)C)cc3)cc12.CN(C)c1ccc(-c2cnc3c(c2)c(Br)cn3[Si](C)(C)C(C)(C)C)cc1. The Kier molecular flexibility index (Phi) is 16.1. The van der Waals surface area contributed by atoms with Crippen molar-refractivity contribution in [2.24, 2.45) is 0 Å². The summed E-state index contributed by atoms with van der Waals surface area (Å²) in [7, 11) is 1.95. The van der Waals surface area contributed by atoms with E-state index in [1.54, 1.807) is 0 Å². The van der Waals surface area contributed by atoms with Gasteiger partial charge in [-0.1, -0.05) is 132 Å². The summed E-state index contributed by atoms with van der Waals surface area (Å²) >= 11 is 3.77. The third kappa shape index (κ3) is 10.8. The first-order valence-electron chi connectivity index (χ1n) is 24.1. The second kappa shape index (κ2) is 20.0. The van der Waals surface area contributed by atoms with Crippen LogP contribution in [0.15, 0.2) is 94.8 Å². The lowest BCUT2D eigenvalue weighted by atomic mass is 10.1. The molecule has 4 heterocycles. The molecule has 0 aliphatic heterocycles. The molecule has 1 N–H and O–H groups in total. The molecule has 4 aromatic heterocycles. The number of pyridine rings is 2. The molecule has 356 valence electrons. The molecule has 7 nitrogen and oxygen atoms in total. The number of aromatic nitrogens is 4. The standard InChI is InChI=1S/C33H56N4SSi.C21H28BrN3Si/c1-11-14-21-38(34,22-15-12-2,23-16-13-3)31-26-37(39(9,10)33(4,5)6)32-30(31)24-28(25-35-32)27-17-19-29(20-18-27)36(7)8;1-21(2,3)26(6,7)25-14-19(22)18-12-16(13-23-20(18)25)15-8-10-17(11-9-15)24(4)5/h17-20,24-26,34H,11-16,21-23H2,1-10H3;8-14H,1-7H3. The Labute approximate surface area is 405 Å². The molecule has 0 fully saturated rings. The molecular formula is C54H84BrN7SSi2. The summed E-state index contributed by atoms with van der Waals surface area (Å²) in [4.78, 5) is 15.7. The van der Waals surface area contributed by atoms with E-state index >= 15 is 0 Å². The minimum atomic E-state index is -2.64. The van der Waals surface area contributed by atoms with Gasteiger partial charge in [0.25, 0.3) is 0 Å². The molecule has 6 aromatic rings. The number of rotatable bonds is 16. The number of halogens is 1. The van der Waals surface area contributed by atoms with Crippen molar-refractivity contribution in [3.63, 3.8) is 0 Å². The first-order valence-corrected chi connectivity index (χ1v) is 33.4. The largest absolute Gasteiger partial charge is 0.378 e. The molecule has 0 unspecified atom stereocenters. The number of hydrogen-bond donors (Lipinski definition) is 1. The zero-order valence-electron chi connectivity index (χ0n) is 43.4. The summed E-state index contributed by atoms with van der Waals surface area (Å²) in [6.07, 6.45) is 15.6. The number of nitrogens with one attached hydrogen (secondary N) is 1. The highest BCUT2D eigenvalue weighted by Crippen LogP contribution is 2.48. The molecule has 0 saturated carbocycles. The van der Waals surface area contributed by atoms with Crippen LogP contribution in [0.5, 0.6) is 0 Å². The summed E-state index contributed by atoms with van der Waals surface area (Å²) < 4.78 is 16.8. The Morgan fingerprint density at radius 2 is 0.923 bits per heavy atom. The Morgan fingerprint density at radius 1 is 0.569 bits per heavy atom. The zero-order chi connectivity index (χ0) is 48.4. The minimum Gasteiger partial charge on any atom is -0.378 e. The lowest BCUT2D eigenvalue weighted by Gasteiger charge is -2.47. The van der Waals surface area contributed by atoms with Crippen LogP contribution >= 0.6 is 15.9 Å². The van der Waals surface area contributed by atoms with Crippen LogP contribution in [0, 0.1) is 4.78 Å². The van der Waals surface area contributed by atoms with Crippen molar-refractivity contribution in [3.05, 3.63) is 89.9 Å². The van der Waals surface area contributed by atoms with Gasteiger partial charge in [-0.3, -0.25) is 4.78 Å².